The first-order chi connectivity index (χ1) is 14.0. The molecule has 2 heterocycles. The Balaban J connectivity index is 1.59. The van der Waals surface area contributed by atoms with Crippen molar-refractivity contribution >= 4 is 35.5 Å². The molecule has 154 valence electrons. The largest absolute Gasteiger partial charge is 0.440 e. The van der Waals surface area contributed by atoms with E-state index in [9.17, 15) is 9.59 Å². The fraction of sp³-hybridized carbons (Fsp3) is 0.381. The Kier molecular flexibility index (Phi) is 6.93. The van der Waals surface area contributed by atoms with Crippen molar-refractivity contribution in [2.45, 2.75) is 32.7 Å². The quantitative estimate of drug-likeness (QED) is 0.534. The maximum atomic E-state index is 12.5. The number of nitrogens with zero attached hydrogens (tertiary/aromatic N) is 2. The van der Waals surface area contributed by atoms with Gasteiger partial charge in [-0.15, -0.1) is 0 Å². The molecule has 1 fully saturated rings. The Bertz CT molecular complexity index is 888. The average molecular weight is 417 g/mol. The highest BCUT2D eigenvalue weighted by molar-refractivity contribution is 6.33. The van der Waals surface area contributed by atoms with Gasteiger partial charge in [0.05, 0.1) is 16.8 Å². The third-order valence-corrected chi connectivity index (χ3v) is 5.08. The molecule has 0 bridgehead atoms. The summed E-state index contributed by atoms with van der Waals surface area (Å²) in [6.07, 6.45) is 3.78. The van der Waals surface area contributed by atoms with Crippen LogP contribution in [0.5, 0.6) is 0 Å². The minimum atomic E-state index is -0.757. The summed E-state index contributed by atoms with van der Waals surface area (Å²) in [5.41, 5.74) is 2.79. The van der Waals surface area contributed by atoms with Crippen molar-refractivity contribution in [2.24, 2.45) is 11.0 Å². The summed E-state index contributed by atoms with van der Waals surface area (Å²) in [7, 11) is 0. The second-order valence-corrected chi connectivity index (χ2v) is 7.69. The summed E-state index contributed by atoms with van der Waals surface area (Å²) < 4.78 is 5.73. The Morgan fingerprint density at radius 1 is 1.17 bits per heavy atom. The Morgan fingerprint density at radius 3 is 2.59 bits per heavy atom. The molecule has 7 nitrogen and oxygen atoms in total. The van der Waals surface area contributed by atoms with Gasteiger partial charge in [0.1, 0.15) is 11.8 Å². The summed E-state index contributed by atoms with van der Waals surface area (Å²) in [6.45, 7) is 5.66. The van der Waals surface area contributed by atoms with Gasteiger partial charge in [-0.1, -0.05) is 37.6 Å². The number of benzene rings is 1. The van der Waals surface area contributed by atoms with Gasteiger partial charge in [-0.25, -0.2) is 5.43 Å². The zero-order chi connectivity index (χ0) is 20.8. The lowest BCUT2D eigenvalue weighted by Gasteiger charge is -2.20. The topological polar surface area (TPSA) is 86.9 Å². The number of anilines is 1. The van der Waals surface area contributed by atoms with Crippen molar-refractivity contribution in [3.63, 3.8) is 0 Å². The van der Waals surface area contributed by atoms with E-state index in [0.717, 1.165) is 31.8 Å². The third kappa shape index (κ3) is 5.38. The van der Waals surface area contributed by atoms with Crippen LogP contribution in [0, 0.1) is 5.92 Å². The van der Waals surface area contributed by atoms with Crippen molar-refractivity contribution in [1.82, 2.24) is 10.7 Å². The summed E-state index contributed by atoms with van der Waals surface area (Å²) in [5, 5.41) is 7.02. The van der Waals surface area contributed by atoms with E-state index < -0.39 is 17.9 Å². The lowest BCUT2D eigenvalue weighted by atomic mass is 10.0. The van der Waals surface area contributed by atoms with E-state index in [2.05, 4.69) is 20.7 Å². The average Bonchev–Trinajstić information content (AvgIpc) is 3.37. The molecule has 0 radical (unpaired) electrons. The smallest absolute Gasteiger partial charge is 0.262 e. The van der Waals surface area contributed by atoms with E-state index >= 15 is 0 Å². The first kappa shape index (κ1) is 20.9. The standard InChI is InChI=1S/C21H25ClN4O3/c1-14(2)19(24-20(27)16-7-3-4-8-17(16)22)21(28)25-23-13-15-9-10-18(29-15)26-11-5-6-12-26/h3-4,7-10,13-14,19H,5-6,11-12H2,1-2H3,(H,24,27)(H,25,28)/b23-13+. The van der Waals surface area contributed by atoms with Crippen molar-refractivity contribution in [1.29, 1.82) is 0 Å². The molecule has 2 amide bonds. The fourth-order valence-corrected chi connectivity index (χ4v) is 3.37. The van der Waals surface area contributed by atoms with Gasteiger partial charge in [0.2, 0.25) is 0 Å². The molecule has 1 aliphatic rings. The lowest BCUT2D eigenvalue weighted by Crippen LogP contribution is -2.48. The van der Waals surface area contributed by atoms with Crippen LogP contribution in [-0.2, 0) is 4.79 Å². The van der Waals surface area contributed by atoms with Crippen LogP contribution in [-0.4, -0.2) is 37.2 Å². The molecule has 29 heavy (non-hydrogen) atoms. The number of halogens is 1. The first-order valence-corrected chi connectivity index (χ1v) is 10.1. The molecule has 1 aromatic carbocycles. The van der Waals surface area contributed by atoms with Gasteiger partial charge in [0, 0.05) is 19.2 Å². The highest BCUT2D eigenvalue weighted by Crippen LogP contribution is 2.22. The van der Waals surface area contributed by atoms with Crippen LogP contribution in [0.2, 0.25) is 5.02 Å². The molecule has 0 aliphatic carbocycles. The molecule has 0 spiro atoms. The van der Waals surface area contributed by atoms with Crippen LogP contribution in [0.1, 0.15) is 42.8 Å². The zero-order valence-electron chi connectivity index (χ0n) is 16.5. The Labute approximate surface area is 175 Å². The number of nitrogens with one attached hydrogen (secondary N) is 2. The van der Waals surface area contributed by atoms with Crippen LogP contribution >= 0.6 is 11.6 Å². The van der Waals surface area contributed by atoms with Crippen molar-refractivity contribution in [2.75, 3.05) is 18.0 Å². The number of rotatable bonds is 7. The molecular formula is C21H25ClN4O3. The number of carbonyl (C=O) groups is 2. The molecule has 1 aliphatic heterocycles. The maximum absolute atomic E-state index is 12.5. The minimum absolute atomic E-state index is 0.137. The summed E-state index contributed by atoms with van der Waals surface area (Å²) in [6, 6.07) is 9.65. The number of amides is 2. The number of hydrogen-bond acceptors (Lipinski definition) is 5. The third-order valence-electron chi connectivity index (χ3n) is 4.75. The summed E-state index contributed by atoms with van der Waals surface area (Å²) >= 11 is 6.06. The number of carbonyl (C=O) groups excluding carboxylic acids is 2. The van der Waals surface area contributed by atoms with Gasteiger partial charge in [0.25, 0.3) is 11.8 Å². The molecule has 1 unspecified atom stereocenters. The SMILES string of the molecule is CC(C)C(NC(=O)c1ccccc1Cl)C(=O)N/N=C/c1ccc(N2CCCC2)o1. The van der Waals surface area contributed by atoms with Crippen LogP contribution in [0.15, 0.2) is 45.9 Å². The van der Waals surface area contributed by atoms with Gasteiger partial charge in [-0.3, -0.25) is 9.59 Å². The van der Waals surface area contributed by atoms with Gasteiger partial charge in [-0.05, 0) is 37.0 Å². The van der Waals surface area contributed by atoms with E-state index in [1.54, 1.807) is 24.3 Å². The predicted molar refractivity (Wildman–Crippen MR) is 113 cm³/mol. The highest BCUT2D eigenvalue weighted by Gasteiger charge is 2.25. The monoisotopic (exact) mass is 416 g/mol. The summed E-state index contributed by atoms with van der Waals surface area (Å²) in [5.74, 6) is 0.399. The van der Waals surface area contributed by atoms with Crippen LogP contribution in [0.25, 0.3) is 0 Å². The number of furan rings is 1. The molecule has 1 saturated heterocycles. The van der Waals surface area contributed by atoms with Crippen molar-refractivity contribution in [3.05, 3.63) is 52.7 Å². The Morgan fingerprint density at radius 2 is 1.90 bits per heavy atom. The van der Waals surface area contributed by atoms with E-state index in [-0.39, 0.29) is 5.92 Å². The zero-order valence-corrected chi connectivity index (χ0v) is 17.3. The summed E-state index contributed by atoms with van der Waals surface area (Å²) in [4.78, 5) is 27.2. The number of hydrogen-bond donors (Lipinski definition) is 2. The molecule has 1 aromatic heterocycles. The highest BCUT2D eigenvalue weighted by atomic mass is 35.5. The van der Waals surface area contributed by atoms with Gasteiger partial charge in [0.15, 0.2) is 5.88 Å². The molecule has 2 N–H and O–H groups in total. The molecule has 3 rings (SSSR count). The van der Waals surface area contributed by atoms with Crippen LogP contribution in [0.3, 0.4) is 0 Å². The van der Waals surface area contributed by atoms with E-state index in [1.165, 1.54) is 6.21 Å². The second kappa shape index (κ2) is 9.60. The molecule has 1 atom stereocenters. The molecular weight excluding hydrogens is 392 g/mol. The predicted octanol–water partition coefficient (Wildman–Crippen LogP) is 3.44. The molecule has 0 saturated carbocycles. The van der Waals surface area contributed by atoms with E-state index in [1.807, 2.05) is 26.0 Å². The fourth-order valence-electron chi connectivity index (χ4n) is 3.15. The van der Waals surface area contributed by atoms with E-state index in [0.29, 0.717) is 16.3 Å². The van der Waals surface area contributed by atoms with E-state index in [4.69, 9.17) is 16.0 Å². The maximum Gasteiger partial charge on any atom is 0.262 e. The second-order valence-electron chi connectivity index (χ2n) is 7.28. The van der Waals surface area contributed by atoms with Crippen LogP contribution < -0.4 is 15.6 Å². The molecule has 2 aromatic rings. The van der Waals surface area contributed by atoms with Gasteiger partial charge >= 0.3 is 0 Å². The van der Waals surface area contributed by atoms with Crippen molar-refractivity contribution in [3.8, 4) is 0 Å². The normalized spacial score (nSPS) is 15.1. The molecule has 8 heteroatoms. The lowest BCUT2D eigenvalue weighted by molar-refractivity contribution is -0.123. The number of hydrazone groups is 1. The van der Waals surface area contributed by atoms with Crippen molar-refractivity contribution < 1.29 is 14.0 Å². The first-order valence-electron chi connectivity index (χ1n) is 9.69. The van der Waals surface area contributed by atoms with Gasteiger partial charge < -0.3 is 14.6 Å². The van der Waals surface area contributed by atoms with Crippen LogP contribution in [0.4, 0.5) is 5.88 Å². The Hall–Kier alpha value is -2.80. The minimum Gasteiger partial charge on any atom is -0.440 e. The van der Waals surface area contributed by atoms with Gasteiger partial charge in [-0.2, -0.15) is 5.10 Å².